The Morgan fingerprint density at radius 3 is 2.15 bits per heavy atom. The van der Waals surface area contributed by atoms with Gasteiger partial charge in [-0.05, 0) is 24.1 Å². The number of hydrogen-bond acceptors (Lipinski definition) is 5. The predicted octanol–water partition coefficient (Wildman–Crippen LogP) is 5.84. The van der Waals surface area contributed by atoms with E-state index in [2.05, 4.69) is 58.2 Å². The van der Waals surface area contributed by atoms with Gasteiger partial charge in [0.1, 0.15) is 17.1 Å². The topological polar surface area (TPSA) is 58.4 Å². The summed E-state index contributed by atoms with van der Waals surface area (Å²) >= 11 is 0. The number of fused-ring (bicyclic) bond motifs is 3. The molecule has 0 amide bonds. The van der Waals surface area contributed by atoms with E-state index in [1.165, 1.54) is 5.56 Å². The minimum Gasteiger partial charge on any atom is -0.496 e. The number of aromatic nitrogens is 3. The maximum atomic E-state index is 5.62. The summed E-state index contributed by atoms with van der Waals surface area (Å²) in [6.45, 7) is 2.77. The summed E-state index contributed by atoms with van der Waals surface area (Å²) in [6, 6.07) is 20.6. The highest BCUT2D eigenvalue weighted by molar-refractivity contribution is 5.99. The summed E-state index contributed by atoms with van der Waals surface area (Å²) in [7, 11) is 4.99. The fourth-order valence-corrected chi connectivity index (χ4v) is 4.42. The number of para-hydroxylation sites is 1. The van der Waals surface area contributed by atoms with Gasteiger partial charge in [0.2, 0.25) is 0 Å². The molecule has 3 aromatic carbocycles. The van der Waals surface area contributed by atoms with Crippen molar-refractivity contribution in [3.05, 3.63) is 78.0 Å². The molecule has 0 fully saturated rings. The molecule has 0 aromatic heterocycles. The van der Waals surface area contributed by atoms with Crippen molar-refractivity contribution in [1.29, 1.82) is 0 Å². The van der Waals surface area contributed by atoms with Crippen molar-refractivity contribution in [3.63, 3.8) is 0 Å². The first-order valence-corrected chi connectivity index (χ1v) is 11.3. The van der Waals surface area contributed by atoms with Gasteiger partial charge in [-0.15, -0.1) is 10.2 Å². The van der Waals surface area contributed by atoms with E-state index in [9.17, 15) is 0 Å². The number of benzene rings is 3. The minimum atomic E-state index is 0.616. The molecule has 0 N–H and O–H groups in total. The molecule has 2 heterocycles. The molecule has 172 valence electrons. The van der Waals surface area contributed by atoms with Gasteiger partial charge in [-0.1, -0.05) is 49.4 Å². The van der Waals surface area contributed by atoms with Crippen LogP contribution >= 0.6 is 0 Å². The van der Waals surface area contributed by atoms with E-state index >= 15 is 0 Å². The maximum Gasteiger partial charge on any atom is 0.162 e. The fourth-order valence-electron chi connectivity index (χ4n) is 4.42. The van der Waals surface area contributed by atoms with Crippen molar-refractivity contribution >= 4 is 10.9 Å². The van der Waals surface area contributed by atoms with E-state index in [0.29, 0.717) is 18.0 Å². The molecule has 0 saturated carbocycles. The standard InChI is InChI=1S/C28H27N3O3/c1-5-18-10-12-19(13-11-18)27-22-17-31(16-20-8-6-7-9-24(20)32-2)23-15-26(34-4)25(33-3)14-21(23)28(22)30-29-27/h6-15,17H,5,16H2,1-4H3. The van der Waals surface area contributed by atoms with Crippen molar-refractivity contribution < 1.29 is 14.2 Å². The van der Waals surface area contributed by atoms with Gasteiger partial charge in [-0.2, -0.15) is 0 Å². The lowest BCUT2D eigenvalue weighted by atomic mass is 10.00. The first kappa shape index (κ1) is 21.8. The molecular formula is C28H27N3O3. The number of rotatable bonds is 7. The van der Waals surface area contributed by atoms with Gasteiger partial charge in [0.05, 0.1) is 33.4 Å². The van der Waals surface area contributed by atoms with Crippen molar-refractivity contribution in [2.45, 2.75) is 19.9 Å². The lowest BCUT2D eigenvalue weighted by molar-refractivity contribution is 0.355. The molecule has 34 heavy (non-hydrogen) atoms. The zero-order valence-electron chi connectivity index (χ0n) is 19.8. The molecule has 0 unspecified atom stereocenters. The van der Waals surface area contributed by atoms with Crippen LogP contribution in [0.15, 0.2) is 66.9 Å². The molecule has 6 nitrogen and oxygen atoms in total. The molecule has 0 radical (unpaired) electrons. The molecule has 0 spiro atoms. The molecule has 2 aliphatic heterocycles. The molecule has 0 atom stereocenters. The van der Waals surface area contributed by atoms with E-state index in [1.807, 2.05) is 30.3 Å². The number of hydrogen-bond donors (Lipinski definition) is 0. The summed E-state index contributed by atoms with van der Waals surface area (Å²) < 4.78 is 19.0. The monoisotopic (exact) mass is 453 g/mol. The normalized spacial score (nSPS) is 11.2. The highest BCUT2D eigenvalue weighted by atomic mass is 16.5. The van der Waals surface area contributed by atoms with Gasteiger partial charge >= 0.3 is 0 Å². The van der Waals surface area contributed by atoms with Crippen molar-refractivity contribution in [2.75, 3.05) is 21.3 Å². The predicted molar refractivity (Wildman–Crippen MR) is 134 cm³/mol. The number of methoxy groups -OCH3 is 3. The fraction of sp³-hybridized carbons (Fsp3) is 0.214. The third-order valence-electron chi connectivity index (χ3n) is 6.28. The molecular weight excluding hydrogens is 426 g/mol. The number of pyridine rings is 1. The van der Waals surface area contributed by atoms with Crippen LogP contribution in [-0.4, -0.2) is 36.1 Å². The lowest BCUT2D eigenvalue weighted by Gasteiger charge is -2.18. The van der Waals surface area contributed by atoms with Gasteiger partial charge < -0.3 is 18.8 Å². The molecule has 5 rings (SSSR count). The summed E-state index contributed by atoms with van der Waals surface area (Å²) in [5, 5.41) is 10.1. The van der Waals surface area contributed by atoms with Crippen LogP contribution in [0.3, 0.4) is 0 Å². The second-order valence-corrected chi connectivity index (χ2v) is 8.15. The third-order valence-corrected chi connectivity index (χ3v) is 6.28. The quantitative estimate of drug-likeness (QED) is 0.310. The van der Waals surface area contributed by atoms with Crippen LogP contribution in [0.2, 0.25) is 0 Å². The van der Waals surface area contributed by atoms with Gasteiger partial charge in [-0.25, -0.2) is 0 Å². The van der Waals surface area contributed by atoms with Gasteiger partial charge in [0.15, 0.2) is 11.5 Å². The van der Waals surface area contributed by atoms with Crippen molar-refractivity contribution in [3.8, 4) is 39.8 Å². The highest BCUT2D eigenvalue weighted by Crippen LogP contribution is 2.41. The SMILES string of the molecule is CCc1ccc(-c2nnc3c4cc(OC)c(OC)cc4n(Cc4ccccc4OC)cc2-3)cc1. The third kappa shape index (κ3) is 3.71. The minimum absolute atomic E-state index is 0.616. The number of nitrogens with zero attached hydrogens (tertiary/aromatic N) is 3. The summed E-state index contributed by atoms with van der Waals surface area (Å²) in [5.41, 5.74) is 7.07. The van der Waals surface area contributed by atoms with Crippen molar-refractivity contribution in [1.82, 2.24) is 14.8 Å². The Bertz CT molecular complexity index is 1420. The van der Waals surface area contributed by atoms with Crippen LogP contribution < -0.4 is 14.2 Å². The summed E-state index contributed by atoms with van der Waals surface area (Å²) in [5.74, 6) is 2.17. The average Bonchev–Trinajstić information content (AvgIpc) is 3.32. The molecule has 0 saturated heterocycles. The average molecular weight is 454 g/mol. The van der Waals surface area contributed by atoms with E-state index in [1.54, 1.807) is 21.3 Å². The molecule has 2 aliphatic rings. The Kier molecular flexibility index (Phi) is 5.80. The number of aryl methyl sites for hydroxylation is 1. The molecule has 0 bridgehead atoms. The molecule has 3 aromatic rings. The van der Waals surface area contributed by atoms with Crippen LogP contribution in [0.25, 0.3) is 33.4 Å². The van der Waals surface area contributed by atoms with E-state index in [0.717, 1.165) is 51.2 Å². The Balaban J connectivity index is 1.76. The second kappa shape index (κ2) is 9.06. The Morgan fingerprint density at radius 2 is 1.44 bits per heavy atom. The Hall–Kier alpha value is -4.06. The van der Waals surface area contributed by atoms with Crippen LogP contribution in [0, 0.1) is 0 Å². The van der Waals surface area contributed by atoms with Crippen LogP contribution in [0.1, 0.15) is 18.1 Å². The Labute approximate surface area is 199 Å². The molecule has 6 heteroatoms. The zero-order valence-corrected chi connectivity index (χ0v) is 19.8. The van der Waals surface area contributed by atoms with Crippen LogP contribution in [0.5, 0.6) is 17.2 Å². The first-order chi connectivity index (χ1) is 16.7. The van der Waals surface area contributed by atoms with Crippen LogP contribution in [0.4, 0.5) is 0 Å². The number of ether oxygens (including phenoxy) is 3. The van der Waals surface area contributed by atoms with Gasteiger partial charge in [0.25, 0.3) is 0 Å². The molecule has 0 aliphatic carbocycles. The zero-order chi connectivity index (χ0) is 23.7. The van der Waals surface area contributed by atoms with Gasteiger partial charge in [0, 0.05) is 34.3 Å². The van der Waals surface area contributed by atoms with Gasteiger partial charge in [-0.3, -0.25) is 0 Å². The smallest absolute Gasteiger partial charge is 0.162 e. The maximum absolute atomic E-state index is 5.62. The largest absolute Gasteiger partial charge is 0.496 e. The van der Waals surface area contributed by atoms with E-state index in [4.69, 9.17) is 14.2 Å². The first-order valence-electron chi connectivity index (χ1n) is 11.3. The van der Waals surface area contributed by atoms with E-state index < -0.39 is 0 Å². The second-order valence-electron chi connectivity index (χ2n) is 8.15. The van der Waals surface area contributed by atoms with E-state index in [-0.39, 0.29) is 0 Å². The summed E-state index contributed by atoms with van der Waals surface area (Å²) in [6.07, 6.45) is 3.12. The highest BCUT2D eigenvalue weighted by Gasteiger charge is 2.22. The van der Waals surface area contributed by atoms with Crippen molar-refractivity contribution in [2.24, 2.45) is 0 Å². The Morgan fingerprint density at radius 1 is 0.765 bits per heavy atom. The van der Waals surface area contributed by atoms with Crippen LogP contribution in [-0.2, 0) is 13.0 Å². The summed E-state index contributed by atoms with van der Waals surface area (Å²) in [4.78, 5) is 0. The lowest BCUT2D eigenvalue weighted by Crippen LogP contribution is -2.06.